The molecule has 3 aromatic heterocycles. The number of carbonyl (C=O) groups is 3. The van der Waals surface area contributed by atoms with Crippen LogP contribution in [0.2, 0.25) is 0 Å². The number of furan rings is 1. The van der Waals surface area contributed by atoms with E-state index in [9.17, 15) is 14.4 Å². The minimum absolute atomic E-state index is 0.115. The van der Waals surface area contributed by atoms with Crippen LogP contribution >= 0.6 is 0 Å². The van der Waals surface area contributed by atoms with Crippen molar-refractivity contribution in [2.75, 3.05) is 13.7 Å². The van der Waals surface area contributed by atoms with Gasteiger partial charge in [0.25, 0.3) is 11.8 Å². The second-order valence-corrected chi connectivity index (χ2v) is 8.43. The second kappa shape index (κ2) is 7.66. The van der Waals surface area contributed by atoms with Gasteiger partial charge in [0.05, 0.1) is 19.3 Å². The van der Waals surface area contributed by atoms with Crippen molar-refractivity contribution in [3.05, 3.63) is 77.8 Å². The van der Waals surface area contributed by atoms with E-state index in [1.165, 1.54) is 12.0 Å². The second-order valence-electron chi connectivity index (χ2n) is 8.43. The van der Waals surface area contributed by atoms with Crippen molar-refractivity contribution in [2.45, 2.75) is 12.1 Å². The minimum atomic E-state index is -1.60. The van der Waals surface area contributed by atoms with Crippen molar-refractivity contribution in [2.24, 2.45) is 0 Å². The fraction of sp³-hybridized carbons (Fsp3) is 0.160. The largest absolute Gasteiger partial charge is 0.497 e. The average molecular weight is 469 g/mol. The Hall–Kier alpha value is -4.73. The summed E-state index contributed by atoms with van der Waals surface area (Å²) in [6, 6.07) is 13.5. The number of amides is 4. The highest BCUT2D eigenvalue weighted by Crippen LogP contribution is 2.35. The third kappa shape index (κ3) is 3.30. The number of aromatic nitrogens is 2. The van der Waals surface area contributed by atoms with Crippen LogP contribution in [-0.2, 0) is 16.9 Å². The molecule has 35 heavy (non-hydrogen) atoms. The van der Waals surface area contributed by atoms with E-state index in [2.05, 4.69) is 20.6 Å². The molecule has 5 heterocycles. The molecule has 4 aromatic rings. The van der Waals surface area contributed by atoms with E-state index in [-0.39, 0.29) is 24.8 Å². The predicted molar refractivity (Wildman–Crippen MR) is 123 cm³/mol. The maximum absolute atomic E-state index is 13.2. The maximum atomic E-state index is 13.2. The van der Waals surface area contributed by atoms with Crippen LogP contribution in [0.25, 0.3) is 22.4 Å². The molecule has 1 unspecified atom stereocenters. The minimum Gasteiger partial charge on any atom is -0.497 e. The van der Waals surface area contributed by atoms with Gasteiger partial charge in [-0.1, -0.05) is 6.07 Å². The molecule has 0 aliphatic carbocycles. The molecule has 1 saturated heterocycles. The van der Waals surface area contributed by atoms with Crippen LogP contribution in [-0.4, -0.2) is 46.4 Å². The average Bonchev–Trinajstić information content (AvgIpc) is 3.53. The molecule has 2 aliphatic rings. The van der Waals surface area contributed by atoms with E-state index < -0.39 is 17.5 Å². The fourth-order valence-corrected chi connectivity index (χ4v) is 4.54. The SMILES string of the molecule is COc1ccc2c(c1)C(=O)N(CC1(c3cc4nc(-c5cccnc5)ccc4o3)NC(=O)NC1=O)C2. The molecule has 1 fully saturated rings. The van der Waals surface area contributed by atoms with Crippen molar-refractivity contribution in [1.29, 1.82) is 0 Å². The van der Waals surface area contributed by atoms with Crippen LogP contribution in [0.4, 0.5) is 4.79 Å². The van der Waals surface area contributed by atoms with E-state index in [0.29, 0.717) is 28.1 Å². The number of fused-ring (bicyclic) bond motifs is 2. The third-order valence-electron chi connectivity index (χ3n) is 6.32. The molecule has 0 bridgehead atoms. The van der Waals surface area contributed by atoms with Gasteiger partial charge in [0.2, 0.25) is 0 Å². The summed E-state index contributed by atoms with van der Waals surface area (Å²) in [6.45, 7) is 0.169. The van der Waals surface area contributed by atoms with Gasteiger partial charge in [0.15, 0.2) is 11.1 Å². The number of imide groups is 1. The first-order valence-electron chi connectivity index (χ1n) is 10.9. The van der Waals surface area contributed by atoms with Gasteiger partial charge in [-0.3, -0.25) is 19.9 Å². The Labute approximate surface area is 198 Å². The summed E-state index contributed by atoms with van der Waals surface area (Å²) in [4.78, 5) is 48.8. The molecule has 1 aromatic carbocycles. The first kappa shape index (κ1) is 20.8. The van der Waals surface area contributed by atoms with Crippen molar-refractivity contribution in [3.8, 4) is 17.0 Å². The Morgan fingerprint density at radius 3 is 2.77 bits per heavy atom. The van der Waals surface area contributed by atoms with Gasteiger partial charge in [-0.05, 0) is 42.0 Å². The fourth-order valence-electron chi connectivity index (χ4n) is 4.54. The number of nitrogens with one attached hydrogen (secondary N) is 2. The topological polar surface area (TPSA) is 127 Å². The highest BCUT2D eigenvalue weighted by Gasteiger charge is 2.53. The zero-order valence-corrected chi connectivity index (χ0v) is 18.6. The molecule has 4 amide bonds. The number of hydrogen-bond donors (Lipinski definition) is 2. The Morgan fingerprint density at radius 1 is 1.14 bits per heavy atom. The number of urea groups is 1. The van der Waals surface area contributed by atoms with Gasteiger partial charge in [-0.15, -0.1) is 0 Å². The number of carbonyl (C=O) groups excluding carboxylic acids is 3. The van der Waals surface area contributed by atoms with Gasteiger partial charge < -0.3 is 19.4 Å². The summed E-state index contributed by atoms with van der Waals surface area (Å²) >= 11 is 0. The molecular formula is C25H19N5O5. The lowest BCUT2D eigenvalue weighted by Crippen LogP contribution is -2.52. The summed E-state index contributed by atoms with van der Waals surface area (Å²) < 4.78 is 11.2. The normalized spacial score (nSPS) is 19.1. The highest BCUT2D eigenvalue weighted by atomic mass is 16.5. The smallest absolute Gasteiger partial charge is 0.322 e. The van der Waals surface area contributed by atoms with Crippen molar-refractivity contribution in [3.63, 3.8) is 0 Å². The molecule has 2 N–H and O–H groups in total. The molecule has 174 valence electrons. The third-order valence-corrected chi connectivity index (χ3v) is 6.32. The summed E-state index contributed by atoms with van der Waals surface area (Å²) in [5.74, 6) is -0.114. The number of pyridine rings is 2. The molecular weight excluding hydrogens is 450 g/mol. The van der Waals surface area contributed by atoms with E-state index >= 15 is 0 Å². The van der Waals surface area contributed by atoms with Gasteiger partial charge in [-0.25, -0.2) is 9.78 Å². The zero-order chi connectivity index (χ0) is 24.2. The summed E-state index contributed by atoms with van der Waals surface area (Å²) in [5.41, 5.74) is 2.17. The first-order valence-corrected chi connectivity index (χ1v) is 10.9. The van der Waals surface area contributed by atoms with E-state index in [1.807, 2.05) is 18.2 Å². The number of ether oxygens (including phenoxy) is 1. The number of hydrogen-bond acceptors (Lipinski definition) is 7. The molecule has 10 nitrogen and oxygen atoms in total. The molecule has 1 atom stereocenters. The molecule has 0 spiro atoms. The zero-order valence-electron chi connectivity index (χ0n) is 18.6. The van der Waals surface area contributed by atoms with Crippen LogP contribution in [0.5, 0.6) is 5.75 Å². The Morgan fingerprint density at radius 2 is 2.03 bits per heavy atom. The summed E-state index contributed by atoms with van der Waals surface area (Å²) in [6.07, 6.45) is 3.38. The maximum Gasteiger partial charge on any atom is 0.322 e. The molecule has 0 radical (unpaired) electrons. The first-order chi connectivity index (χ1) is 17.0. The Bertz CT molecular complexity index is 1520. The lowest BCUT2D eigenvalue weighted by atomic mass is 9.95. The Kier molecular flexibility index (Phi) is 4.56. The molecule has 10 heteroatoms. The van der Waals surface area contributed by atoms with E-state index in [0.717, 1.165) is 11.1 Å². The number of methoxy groups -OCH3 is 1. The van der Waals surface area contributed by atoms with E-state index in [4.69, 9.17) is 9.15 Å². The monoisotopic (exact) mass is 469 g/mol. The van der Waals surface area contributed by atoms with Crippen molar-refractivity contribution >= 4 is 28.9 Å². The molecule has 2 aliphatic heterocycles. The lowest BCUT2D eigenvalue weighted by molar-refractivity contribution is -0.125. The van der Waals surface area contributed by atoms with Crippen molar-refractivity contribution < 1.29 is 23.5 Å². The Balaban J connectivity index is 1.38. The van der Waals surface area contributed by atoms with Crippen LogP contribution < -0.4 is 15.4 Å². The van der Waals surface area contributed by atoms with Gasteiger partial charge >= 0.3 is 6.03 Å². The van der Waals surface area contributed by atoms with Crippen LogP contribution in [0.3, 0.4) is 0 Å². The predicted octanol–water partition coefficient (Wildman–Crippen LogP) is 2.59. The molecule has 6 rings (SSSR count). The van der Waals surface area contributed by atoms with Gasteiger partial charge in [-0.2, -0.15) is 0 Å². The van der Waals surface area contributed by atoms with Crippen LogP contribution in [0, 0.1) is 0 Å². The molecule has 0 saturated carbocycles. The summed E-state index contributed by atoms with van der Waals surface area (Å²) in [7, 11) is 1.53. The summed E-state index contributed by atoms with van der Waals surface area (Å²) in [5, 5.41) is 4.97. The lowest BCUT2D eigenvalue weighted by Gasteiger charge is -2.28. The van der Waals surface area contributed by atoms with E-state index in [1.54, 1.807) is 42.7 Å². The highest BCUT2D eigenvalue weighted by molar-refractivity contribution is 6.08. The quantitative estimate of drug-likeness (QED) is 0.430. The number of rotatable bonds is 5. The van der Waals surface area contributed by atoms with Crippen LogP contribution in [0.1, 0.15) is 21.7 Å². The van der Waals surface area contributed by atoms with Crippen molar-refractivity contribution in [1.82, 2.24) is 25.5 Å². The van der Waals surface area contributed by atoms with Crippen LogP contribution in [0.15, 0.2) is 65.3 Å². The number of nitrogens with zero attached hydrogens (tertiary/aromatic N) is 3. The standard InChI is InChI=1S/C25H19N5O5/c1-34-16-5-4-15-12-30(22(31)17(15)9-16)13-25(23(32)28-24(33)29-25)21-10-19-20(35-21)7-6-18(27-19)14-3-2-8-26-11-14/h2-11H,12-13H2,1H3,(H2,28,29,32,33). The van der Waals surface area contributed by atoms with Gasteiger partial charge in [0, 0.05) is 36.1 Å². The number of benzene rings is 1. The van der Waals surface area contributed by atoms with Gasteiger partial charge in [0.1, 0.15) is 17.0 Å².